The van der Waals surface area contributed by atoms with Crippen LogP contribution in [0.3, 0.4) is 0 Å². The summed E-state index contributed by atoms with van der Waals surface area (Å²) in [5.74, 6) is 0.732. The maximum absolute atomic E-state index is 13.1. The predicted octanol–water partition coefficient (Wildman–Crippen LogP) is 2.82. The Morgan fingerprint density at radius 2 is 1.87 bits per heavy atom. The van der Waals surface area contributed by atoms with Gasteiger partial charge < -0.3 is 9.80 Å². The molecule has 0 unspecified atom stereocenters. The zero-order chi connectivity index (χ0) is 21.8. The van der Waals surface area contributed by atoms with Crippen LogP contribution < -0.4 is 10.5 Å². The highest BCUT2D eigenvalue weighted by molar-refractivity contribution is 5.77. The fourth-order valence-electron chi connectivity index (χ4n) is 4.03. The highest BCUT2D eigenvalue weighted by atomic mass is 16.2. The maximum Gasteiger partial charge on any atom is 0.295 e. The number of carbonyl (C=O) groups excluding carboxylic acids is 1. The first-order chi connectivity index (χ1) is 15.1. The van der Waals surface area contributed by atoms with Crippen molar-refractivity contribution in [3.05, 3.63) is 77.2 Å². The van der Waals surface area contributed by atoms with Crippen LogP contribution in [-0.2, 0) is 11.3 Å². The number of pyridine rings is 1. The smallest absolute Gasteiger partial charge is 0.295 e. The maximum atomic E-state index is 13.1. The molecule has 1 aliphatic rings. The molecule has 0 N–H and O–H groups in total. The number of amides is 1. The van der Waals surface area contributed by atoms with E-state index in [2.05, 4.69) is 35.6 Å². The van der Waals surface area contributed by atoms with Gasteiger partial charge in [0.25, 0.3) is 5.56 Å². The van der Waals surface area contributed by atoms with Gasteiger partial charge in [-0.15, -0.1) is 6.58 Å². The second-order valence-corrected chi connectivity index (χ2v) is 7.87. The van der Waals surface area contributed by atoms with E-state index in [0.717, 1.165) is 0 Å². The minimum Gasteiger partial charge on any atom is -0.348 e. The summed E-state index contributed by atoms with van der Waals surface area (Å²) in [6.07, 6.45) is 3.82. The Hall–Kier alpha value is -3.48. The lowest BCUT2D eigenvalue weighted by atomic mass is 9.97. The van der Waals surface area contributed by atoms with Crippen LogP contribution in [0.2, 0.25) is 0 Å². The standard InChI is InChI=1S/C24H27N5O2/c1-3-12-29-22-20(10-7-11-25-22)26-23(24(29)31)28-15-13-27(14-16-28)21(30)17-18(2)19-8-5-4-6-9-19/h3-11,18H,1,12-17H2,2H3/t18-/m1/s1. The summed E-state index contributed by atoms with van der Waals surface area (Å²) >= 11 is 0. The quantitative estimate of drug-likeness (QED) is 0.577. The molecule has 3 aromatic rings. The number of rotatable bonds is 6. The first-order valence-electron chi connectivity index (χ1n) is 10.6. The van der Waals surface area contributed by atoms with Crippen LogP contribution in [0.5, 0.6) is 0 Å². The summed E-state index contributed by atoms with van der Waals surface area (Å²) in [5.41, 5.74) is 2.23. The summed E-state index contributed by atoms with van der Waals surface area (Å²) in [6.45, 7) is 8.52. The second kappa shape index (κ2) is 9.12. The molecule has 160 valence electrons. The van der Waals surface area contributed by atoms with Gasteiger partial charge >= 0.3 is 0 Å². The monoisotopic (exact) mass is 417 g/mol. The minimum absolute atomic E-state index is 0.149. The molecular formula is C24H27N5O2. The number of hydrogen-bond acceptors (Lipinski definition) is 5. The molecule has 0 bridgehead atoms. The van der Waals surface area contributed by atoms with Crippen molar-refractivity contribution in [2.75, 3.05) is 31.1 Å². The van der Waals surface area contributed by atoms with Crippen LogP contribution in [-0.4, -0.2) is 51.5 Å². The summed E-state index contributed by atoms with van der Waals surface area (Å²) in [6, 6.07) is 13.8. The number of carbonyl (C=O) groups is 1. The molecule has 1 aliphatic heterocycles. The molecule has 2 aromatic heterocycles. The Morgan fingerprint density at radius 1 is 1.13 bits per heavy atom. The van der Waals surface area contributed by atoms with E-state index >= 15 is 0 Å². The lowest BCUT2D eigenvalue weighted by Gasteiger charge is -2.35. The van der Waals surface area contributed by atoms with E-state index in [1.165, 1.54) is 5.56 Å². The van der Waals surface area contributed by atoms with E-state index in [1.54, 1.807) is 16.8 Å². The molecule has 1 saturated heterocycles. The van der Waals surface area contributed by atoms with Crippen LogP contribution in [0, 0.1) is 0 Å². The molecular weight excluding hydrogens is 390 g/mol. The van der Waals surface area contributed by atoms with Gasteiger partial charge in [-0.3, -0.25) is 14.2 Å². The molecule has 0 aliphatic carbocycles. The predicted molar refractivity (Wildman–Crippen MR) is 122 cm³/mol. The first kappa shape index (κ1) is 20.8. The summed E-state index contributed by atoms with van der Waals surface area (Å²) in [5, 5.41) is 0. The van der Waals surface area contributed by atoms with Gasteiger partial charge in [-0.2, -0.15) is 0 Å². The van der Waals surface area contributed by atoms with Gasteiger partial charge in [0.1, 0.15) is 5.52 Å². The molecule has 0 saturated carbocycles. The van der Waals surface area contributed by atoms with Gasteiger partial charge in [-0.25, -0.2) is 9.97 Å². The molecule has 0 spiro atoms. The molecule has 3 heterocycles. The first-order valence-corrected chi connectivity index (χ1v) is 10.6. The summed E-state index contributed by atoms with van der Waals surface area (Å²) in [7, 11) is 0. The van der Waals surface area contributed by atoms with Crippen LogP contribution in [0.1, 0.15) is 24.8 Å². The molecule has 4 rings (SSSR count). The fraction of sp³-hybridized carbons (Fsp3) is 0.333. The van der Waals surface area contributed by atoms with Gasteiger partial charge in [0.15, 0.2) is 11.5 Å². The third kappa shape index (κ3) is 4.35. The summed E-state index contributed by atoms with van der Waals surface area (Å²) in [4.78, 5) is 38.7. The lowest BCUT2D eigenvalue weighted by Crippen LogP contribution is -2.50. The molecule has 7 nitrogen and oxygen atoms in total. The number of hydrogen-bond donors (Lipinski definition) is 0. The van der Waals surface area contributed by atoms with Gasteiger partial charge in [0, 0.05) is 45.3 Å². The van der Waals surface area contributed by atoms with Crippen molar-refractivity contribution in [2.24, 2.45) is 0 Å². The molecule has 31 heavy (non-hydrogen) atoms. The third-order valence-electron chi connectivity index (χ3n) is 5.78. The number of nitrogens with zero attached hydrogens (tertiary/aromatic N) is 5. The third-order valence-corrected chi connectivity index (χ3v) is 5.78. The molecule has 1 amide bonds. The largest absolute Gasteiger partial charge is 0.348 e. The Bertz CT molecular complexity index is 1130. The normalized spacial score (nSPS) is 15.1. The summed E-state index contributed by atoms with van der Waals surface area (Å²) < 4.78 is 1.60. The van der Waals surface area contributed by atoms with Gasteiger partial charge in [0.2, 0.25) is 5.91 Å². The molecule has 1 aromatic carbocycles. The Balaban J connectivity index is 1.47. The average Bonchev–Trinajstić information content (AvgIpc) is 2.81. The van der Waals surface area contributed by atoms with Crippen molar-refractivity contribution in [2.45, 2.75) is 25.8 Å². The number of anilines is 1. The van der Waals surface area contributed by atoms with Crippen LogP contribution in [0.25, 0.3) is 11.2 Å². The Labute approximate surface area is 181 Å². The zero-order valence-corrected chi connectivity index (χ0v) is 17.8. The number of fused-ring (bicyclic) bond motifs is 1. The average molecular weight is 418 g/mol. The van der Waals surface area contributed by atoms with Crippen LogP contribution in [0.15, 0.2) is 66.1 Å². The topological polar surface area (TPSA) is 71.3 Å². The SMILES string of the molecule is C=CCn1c(=O)c(N2CCN(C(=O)C[C@@H](C)c3ccccc3)CC2)nc2cccnc21. The van der Waals surface area contributed by atoms with E-state index < -0.39 is 0 Å². The van der Waals surface area contributed by atoms with Crippen molar-refractivity contribution >= 4 is 22.9 Å². The zero-order valence-electron chi connectivity index (χ0n) is 17.8. The van der Waals surface area contributed by atoms with Gasteiger partial charge in [0.05, 0.1) is 0 Å². The van der Waals surface area contributed by atoms with Crippen molar-refractivity contribution in [3.8, 4) is 0 Å². The minimum atomic E-state index is -0.177. The highest BCUT2D eigenvalue weighted by Crippen LogP contribution is 2.21. The highest BCUT2D eigenvalue weighted by Gasteiger charge is 2.25. The van der Waals surface area contributed by atoms with E-state index in [0.29, 0.717) is 56.1 Å². The Kier molecular flexibility index (Phi) is 6.11. The van der Waals surface area contributed by atoms with Crippen LogP contribution >= 0.6 is 0 Å². The fourth-order valence-corrected chi connectivity index (χ4v) is 4.03. The van der Waals surface area contributed by atoms with E-state index in [9.17, 15) is 9.59 Å². The molecule has 0 radical (unpaired) electrons. The number of allylic oxidation sites excluding steroid dienone is 1. The second-order valence-electron chi connectivity index (χ2n) is 7.87. The number of benzene rings is 1. The van der Waals surface area contributed by atoms with Crippen molar-refractivity contribution in [1.82, 2.24) is 19.4 Å². The Morgan fingerprint density at radius 3 is 2.58 bits per heavy atom. The van der Waals surface area contributed by atoms with E-state index in [4.69, 9.17) is 0 Å². The van der Waals surface area contributed by atoms with Gasteiger partial charge in [-0.1, -0.05) is 43.3 Å². The molecule has 7 heteroatoms. The molecule has 1 atom stereocenters. The number of aromatic nitrogens is 3. The van der Waals surface area contributed by atoms with Crippen molar-refractivity contribution < 1.29 is 4.79 Å². The van der Waals surface area contributed by atoms with Crippen molar-refractivity contribution in [1.29, 1.82) is 0 Å². The lowest BCUT2D eigenvalue weighted by molar-refractivity contribution is -0.131. The van der Waals surface area contributed by atoms with Gasteiger partial charge in [-0.05, 0) is 23.6 Å². The molecule has 1 fully saturated rings. The van der Waals surface area contributed by atoms with E-state index in [1.807, 2.05) is 40.1 Å². The number of piperazine rings is 1. The van der Waals surface area contributed by atoms with Crippen molar-refractivity contribution in [3.63, 3.8) is 0 Å². The van der Waals surface area contributed by atoms with Crippen LogP contribution in [0.4, 0.5) is 5.82 Å². The van der Waals surface area contributed by atoms with E-state index in [-0.39, 0.29) is 17.4 Å².